The van der Waals surface area contributed by atoms with E-state index < -0.39 is 8.07 Å². The second-order valence-electron chi connectivity index (χ2n) is 12.9. The minimum Gasteiger partial charge on any atom is -0.488 e. The van der Waals surface area contributed by atoms with E-state index >= 15 is 0 Å². The Morgan fingerprint density at radius 1 is 0.912 bits per heavy atom. The second kappa shape index (κ2) is 9.01. The van der Waals surface area contributed by atoms with Gasteiger partial charge in [-0.3, -0.25) is 0 Å². The van der Waals surface area contributed by atoms with E-state index in [0.717, 1.165) is 11.5 Å². The van der Waals surface area contributed by atoms with Crippen LogP contribution in [0.4, 0.5) is 0 Å². The van der Waals surface area contributed by atoms with Gasteiger partial charge in [-0.1, -0.05) is 108 Å². The molecule has 2 aliphatic rings. The van der Waals surface area contributed by atoms with Crippen molar-refractivity contribution in [3.8, 4) is 5.75 Å². The first-order valence-corrected chi connectivity index (χ1v) is 16.0. The number of hydrogen-bond acceptors (Lipinski definition) is 1. The molecule has 2 aliphatic carbocycles. The molecule has 0 aliphatic heterocycles. The number of rotatable bonds is 5. The van der Waals surface area contributed by atoms with Gasteiger partial charge in [-0.25, -0.2) is 0 Å². The molecule has 2 heteroatoms. The molecular formula is C32H46OSi. The van der Waals surface area contributed by atoms with Crippen LogP contribution < -0.4 is 9.92 Å². The van der Waals surface area contributed by atoms with E-state index in [0.29, 0.717) is 11.8 Å². The fourth-order valence-electron chi connectivity index (χ4n) is 7.27. The van der Waals surface area contributed by atoms with Crippen LogP contribution in [0.25, 0.3) is 6.08 Å². The zero-order chi connectivity index (χ0) is 24.9. The third-order valence-electron chi connectivity index (χ3n) is 8.68. The number of allylic oxidation sites excluding steroid dienone is 1. The van der Waals surface area contributed by atoms with E-state index in [1.54, 1.807) is 10.8 Å². The van der Waals surface area contributed by atoms with Crippen LogP contribution in [-0.4, -0.2) is 13.7 Å². The predicted octanol–water partition coefficient (Wildman–Crippen LogP) is 8.69. The molecule has 0 amide bonds. The van der Waals surface area contributed by atoms with Gasteiger partial charge >= 0.3 is 0 Å². The van der Waals surface area contributed by atoms with Crippen molar-refractivity contribution in [3.05, 3.63) is 65.2 Å². The quantitative estimate of drug-likeness (QED) is 0.394. The molecule has 1 nitrogen and oxygen atoms in total. The Bertz CT molecular complexity index is 1050. The Morgan fingerprint density at radius 3 is 2.21 bits per heavy atom. The van der Waals surface area contributed by atoms with Gasteiger partial charge < -0.3 is 4.74 Å². The van der Waals surface area contributed by atoms with Gasteiger partial charge in [0.1, 0.15) is 11.4 Å². The number of fused-ring (bicyclic) bond motifs is 3. The Kier molecular flexibility index (Phi) is 6.70. The highest BCUT2D eigenvalue weighted by atomic mass is 28.3. The van der Waals surface area contributed by atoms with Gasteiger partial charge in [-0.2, -0.15) is 0 Å². The summed E-state index contributed by atoms with van der Waals surface area (Å²) in [6, 6.07) is 18.7. The van der Waals surface area contributed by atoms with Crippen LogP contribution in [0.3, 0.4) is 0 Å². The standard InChI is InChI=1S/C32H46OSi/c1-10-34(11-2,28-18-14-17-27(31(4,5)6)29(28)33-32(7,8)9)30-22(3)21-26-24-16-13-12-15-23(24)19-20-25(26)30/h12-20,22,25-26,30H,10-11,21H2,1-9H3. The predicted molar refractivity (Wildman–Crippen MR) is 151 cm³/mol. The van der Waals surface area contributed by atoms with Crippen LogP contribution in [0.2, 0.25) is 17.6 Å². The zero-order valence-electron chi connectivity index (χ0n) is 23.0. The molecule has 4 atom stereocenters. The highest BCUT2D eigenvalue weighted by Gasteiger charge is 2.54. The van der Waals surface area contributed by atoms with Crippen molar-refractivity contribution in [1.82, 2.24) is 0 Å². The molecule has 0 N–H and O–H groups in total. The molecule has 2 aromatic rings. The third kappa shape index (κ3) is 4.32. The first-order valence-electron chi connectivity index (χ1n) is 13.5. The highest BCUT2D eigenvalue weighted by Crippen LogP contribution is 2.59. The van der Waals surface area contributed by atoms with Gasteiger partial charge in [-0.15, -0.1) is 0 Å². The Morgan fingerprint density at radius 2 is 1.59 bits per heavy atom. The molecule has 184 valence electrons. The summed E-state index contributed by atoms with van der Waals surface area (Å²) in [5.41, 5.74) is 4.94. The molecule has 2 aromatic carbocycles. The summed E-state index contributed by atoms with van der Waals surface area (Å²) in [5, 5.41) is 1.57. The fraction of sp³-hybridized carbons (Fsp3) is 0.562. The SMILES string of the molecule is CC[Si](CC)(c1cccc(C(C)(C)C)c1OC(C)(C)C)C1C(C)CC2c3ccccc3C=CC21. The van der Waals surface area contributed by atoms with Gasteiger partial charge in [0.15, 0.2) is 0 Å². The van der Waals surface area contributed by atoms with E-state index in [-0.39, 0.29) is 11.0 Å². The van der Waals surface area contributed by atoms with Crippen LogP contribution in [-0.2, 0) is 5.41 Å². The maximum atomic E-state index is 6.90. The summed E-state index contributed by atoms with van der Waals surface area (Å²) in [5.74, 6) is 3.22. The molecule has 0 heterocycles. The number of hydrogen-bond donors (Lipinski definition) is 0. The first kappa shape index (κ1) is 25.3. The Labute approximate surface area is 210 Å². The molecule has 4 rings (SSSR count). The normalized spacial score (nSPS) is 24.6. The van der Waals surface area contributed by atoms with Crippen LogP contribution in [0.5, 0.6) is 5.75 Å². The van der Waals surface area contributed by atoms with E-state index in [2.05, 4.69) is 117 Å². The molecular weight excluding hydrogens is 428 g/mol. The summed E-state index contributed by atoms with van der Waals surface area (Å²) in [4.78, 5) is 0. The van der Waals surface area contributed by atoms with E-state index in [9.17, 15) is 0 Å². The lowest BCUT2D eigenvalue weighted by Gasteiger charge is -2.44. The van der Waals surface area contributed by atoms with Crippen molar-refractivity contribution in [2.45, 2.75) is 103 Å². The minimum absolute atomic E-state index is 0.0473. The maximum absolute atomic E-state index is 6.90. The van der Waals surface area contributed by atoms with Crippen LogP contribution in [0.1, 0.15) is 91.3 Å². The monoisotopic (exact) mass is 474 g/mol. The molecule has 1 fully saturated rings. The van der Waals surface area contributed by atoms with Gasteiger partial charge in [0.25, 0.3) is 0 Å². The lowest BCUT2D eigenvalue weighted by molar-refractivity contribution is 0.129. The summed E-state index contributed by atoms with van der Waals surface area (Å²) >= 11 is 0. The van der Waals surface area contributed by atoms with E-state index in [1.165, 1.54) is 35.4 Å². The maximum Gasteiger partial charge on any atom is 0.123 e. The summed E-state index contributed by atoms with van der Waals surface area (Å²) in [7, 11) is -1.91. The lowest BCUT2D eigenvalue weighted by Crippen LogP contribution is -2.54. The smallest absolute Gasteiger partial charge is 0.123 e. The minimum atomic E-state index is -1.91. The van der Waals surface area contributed by atoms with Crippen molar-refractivity contribution >= 4 is 19.3 Å². The van der Waals surface area contributed by atoms with Gasteiger partial charge in [0.05, 0.1) is 8.07 Å². The molecule has 0 aromatic heterocycles. The summed E-state index contributed by atoms with van der Waals surface area (Å²) < 4.78 is 6.90. The molecule has 0 spiro atoms. The highest BCUT2D eigenvalue weighted by molar-refractivity contribution is 6.93. The van der Waals surface area contributed by atoms with E-state index in [1.807, 2.05) is 0 Å². The summed E-state index contributed by atoms with van der Waals surface area (Å²) in [6.45, 7) is 21.1. The van der Waals surface area contributed by atoms with Crippen LogP contribution in [0.15, 0.2) is 48.5 Å². The molecule has 34 heavy (non-hydrogen) atoms. The van der Waals surface area contributed by atoms with Crippen molar-refractivity contribution in [2.24, 2.45) is 11.8 Å². The summed E-state index contributed by atoms with van der Waals surface area (Å²) in [6.07, 6.45) is 6.32. The van der Waals surface area contributed by atoms with Gasteiger partial charge in [0, 0.05) is 0 Å². The van der Waals surface area contributed by atoms with Crippen molar-refractivity contribution < 1.29 is 4.74 Å². The van der Waals surface area contributed by atoms with Crippen LogP contribution >= 0.6 is 0 Å². The molecule has 0 saturated heterocycles. The fourth-order valence-corrected chi connectivity index (χ4v) is 13.2. The van der Waals surface area contributed by atoms with Gasteiger partial charge in [0.2, 0.25) is 0 Å². The largest absolute Gasteiger partial charge is 0.488 e. The van der Waals surface area contributed by atoms with E-state index in [4.69, 9.17) is 4.74 Å². The first-order chi connectivity index (χ1) is 15.9. The Hall–Kier alpha value is -1.80. The number of benzene rings is 2. The average molecular weight is 475 g/mol. The molecule has 4 unspecified atom stereocenters. The molecule has 1 saturated carbocycles. The zero-order valence-corrected chi connectivity index (χ0v) is 24.0. The van der Waals surface area contributed by atoms with Crippen molar-refractivity contribution in [3.63, 3.8) is 0 Å². The van der Waals surface area contributed by atoms with Gasteiger partial charge in [-0.05, 0) is 77.8 Å². The molecule has 0 bridgehead atoms. The lowest BCUT2D eigenvalue weighted by atomic mass is 9.81. The van der Waals surface area contributed by atoms with Crippen molar-refractivity contribution in [1.29, 1.82) is 0 Å². The second-order valence-corrected chi connectivity index (χ2v) is 17.9. The van der Waals surface area contributed by atoms with Crippen LogP contribution in [0, 0.1) is 11.8 Å². The third-order valence-corrected chi connectivity index (χ3v) is 14.9. The average Bonchev–Trinajstić information content (AvgIpc) is 3.11. The number of ether oxygens (including phenoxy) is 1. The molecule has 0 radical (unpaired) electrons. The van der Waals surface area contributed by atoms with Crippen molar-refractivity contribution in [2.75, 3.05) is 0 Å². The Balaban J connectivity index is 1.90. The topological polar surface area (TPSA) is 9.23 Å². The number of para-hydroxylation sites is 1.